The van der Waals surface area contributed by atoms with Crippen molar-refractivity contribution in [1.29, 1.82) is 0 Å². The van der Waals surface area contributed by atoms with E-state index >= 15 is 0 Å². The fraction of sp³-hybridized carbons (Fsp3) is 0.0732. The van der Waals surface area contributed by atoms with Gasteiger partial charge >= 0.3 is 246 Å². The van der Waals surface area contributed by atoms with Crippen molar-refractivity contribution in [3.05, 3.63) is 151 Å². The third-order valence-electron chi connectivity index (χ3n) is 9.42. The van der Waals surface area contributed by atoms with Crippen LogP contribution in [0.3, 0.4) is 0 Å². The fourth-order valence-electron chi connectivity index (χ4n) is 7.37. The van der Waals surface area contributed by atoms with Crippen molar-refractivity contribution in [2.75, 3.05) is 4.90 Å². The molecule has 0 radical (unpaired) electrons. The molecule has 0 atom stereocenters. The average molecular weight is 615 g/mol. The fourth-order valence-corrected chi connectivity index (χ4v) is 10.0. The van der Waals surface area contributed by atoms with Gasteiger partial charge in [-0.1, -0.05) is 12.1 Å². The first-order valence-corrected chi connectivity index (χ1v) is 16.7. The number of para-hydroxylation sites is 1. The Morgan fingerprint density at radius 3 is 2.07 bits per heavy atom. The van der Waals surface area contributed by atoms with Gasteiger partial charge in [0.2, 0.25) is 0 Å². The third kappa shape index (κ3) is 3.58. The molecule has 0 saturated carbocycles. The topological polar surface area (TPSA) is 3.24 Å². The van der Waals surface area contributed by atoms with E-state index in [0.29, 0.717) is 0 Å². The summed E-state index contributed by atoms with van der Waals surface area (Å²) >= 11 is 0.287. The van der Waals surface area contributed by atoms with Crippen LogP contribution in [0.25, 0.3) is 52.0 Å². The van der Waals surface area contributed by atoms with Crippen LogP contribution in [0.1, 0.15) is 25.0 Å². The molecule has 0 aliphatic heterocycles. The van der Waals surface area contributed by atoms with E-state index in [4.69, 9.17) is 0 Å². The molecule has 2 heteroatoms. The quantitative estimate of drug-likeness (QED) is 0.141. The van der Waals surface area contributed by atoms with Gasteiger partial charge in [-0.3, -0.25) is 0 Å². The molecule has 9 rings (SSSR count). The van der Waals surface area contributed by atoms with Crippen LogP contribution in [0.4, 0.5) is 17.1 Å². The van der Waals surface area contributed by atoms with Gasteiger partial charge in [-0.05, 0) is 0 Å². The summed E-state index contributed by atoms with van der Waals surface area (Å²) in [6, 6.07) is 51.9. The minimum atomic E-state index is -0.0621. The van der Waals surface area contributed by atoms with E-state index in [1.807, 2.05) is 0 Å². The zero-order valence-corrected chi connectivity index (χ0v) is 25.8. The monoisotopic (exact) mass is 615 g/mol. The van der Waals surface area contributed by atoms with Crippen LogP contribution in [0.5, 0.6) is 0 Å². The van der Waals surface area contributed by atoms with Gasteiger partial charge in [-0.25, -0.2) is 0 Å². The zero-order valence-electron chi connectivity index (χ0n) is 24.1. The first-order chi connectivity index (χ1) is 21.1. The molecule has 0 N–H and O–H groups in total. The Morgan fingerprint density at radius 1 is 0.512 bits per heavy atom. The molecule has 8 aromatic rings. The number of benzene rings is 7. The molecule has 0 bridgehead atoms. The van der Waals surface area contributed by atoms with Crippen molar-refractivity contribution in [1.82, 2.24) is 0 Å². The predicted octanol–water partition coefficient (Wildman–Crippen LogP) is 11.1. The van der Waals surface area contributed by atoms with Crippen LogP contribution >= 0.6 is 0 Å². The van der Waals surface area contributed by atoms with E-state index in [1.54, 1.807) is 0 Å². The zero-order chi connectivity index (χ0) is 28.7. The minimum absolute atomic E-state index is 0.0621. The first-order valence-electron chi connectivity index (χ1n) is 14.9. The van der Waals surface area contributed by atoms with E-state index < -0.39 is 0 Å². The maximum atomic E-state index is 2.47. The Bertz CT molecular complexity index is 2380. The van der Waals surface area contributed by atoms with E-state index in [0.717, 1.165) is 5.69 Å². The molecule has 0 amide bonds. The summed E-state index contributed by atoms with van der Waals surface area (Å²) < 4.78 is 3.00. The van der Waals surface area contributed by atoms with Crippen LogP contribution in [0.2, 0.25) is 0 Å². The number of anilines is 3. The molecule has 1 nitrogen and oxygen atoms in total. The van der Waals surface area contributed by atoms with Crippen molar-refractivity contribution in [2.45, 2.75) is 19.3 Å². The van der Waals surface area contributed by atoms with Gasteiger partial charge in [0.15, 0.2) is 0 Å². The second-order valence-electron chi connectivity index (χ2n) is 12.2. The summed E-state index contributed by atoms with van der Waals surface area (Å²) in [4.78, 5) is 2.47. The molecule has 7 aromatic carbocycles. The number of rotatable bonds is 3. The number of hydrogen-bond donors (Lipinski definition) is 0. The molecule has 204 valence electrons. The van der Waals surface area contributed by atoms with Crippen molar-refractivity contribution in [3.63, 3.8) is 0 Å². The van der Waals surface area contributed by atoms with Crippen LogP contribution in [-0.2, 0) is 5.41 Å². The van der Waals surface area contributed by atoms with Crippen LogP contribution in [0.15, 0.2) is 140 Å². The van der Waals surface area contributed by atoms with Crippen molar-refractivity contribution in [3.8, 4) is 11.1 Å². The summed E-state index contributed by atoms with van der Waals surface area (Å²) in [5.41, 5.74) is 8.99. The second kappa shape index (κ2) is 9.19. The molecule has 0 fully saturated rings. The SMILES string of the molecule is CC1(C)c2ccccc2-c2ccc(N(c3ccccc3)c3cc4ccc5c6ccccc6[se]c5c4c4ccccc34)cc21. The maximum absolute atomic E-state index is 2.47. The molecular formula is C41H29NSe. The molecular weight excluding hydrogens is 585 g/mol. The van der Waals surface area contributed by atoms with E-state index in [2.05, 4.69) is 158 Å². The molecule has 1 aromatic heterocycles. The normalized spacial score (nSPS) is 13.5. The molecule has 0 unspecified atom stereocenters. The number of nitrogens with zero attached hydrogens (tertiary/aromatic N) is 1. The molecule has 1 heterocycles. The van der Waals surface area contributed by atoms with Crippen molar-refractivity contribution < 1.29 is 0 Å². The van der Waals surface area contributed by atoms with Crippen molar-refractivity contribution >= 4 is 72.4 Å². The first kappa shape index (κ1) is 24.9. The molecule has 0 saturated heterocycles. The van der Waals surface area contributed by atoms with Gasteiger partial charge in [0.1, 0.15) is 0 Å². The summed E-state index contributed by atoms with van der Waals surface area (Å²) in [5.74, 6) is 0. The summed E-state index contributed by atoms with van der Waals surface area (Å²) in [6.07, 6.45) is 0. The summed E-state index contributed by atoms with van der Waals surface area (Å²) in [6.45, 7) is 4.72. The third-order valence-corrected chi connectivity index (χ3v) is 12.0. The van der Waals surface area contributed by atoms with Crippen LogP contribution < -0.4 is 4.90 Å². The van der Waals surface area contributed by atoms with Crippen LogP contribution in [-0.4, -0.2) is 14.5 Å². The Labute approximate surface area is 257 Å². The standard InChI is InChI=1S/C41H29NSe/c1-41(2)35-18-10-8-14-29(35)30-23-21-28(25-36(30)41)42(27-12-4-3-5-13-27)37-24-26-20-22-34-32-16-9-11-19-38(32)43-40(34)39(26)33-17-7-6-15-31(33)37/h3-25H,1-2H3. The van der Waals surface area contributed by atoms with Crippen molar-refractivity contribution in [2.24, 2.45) is 0 Å². The Kier molecular flexibility index (Phi) is 5.33. The number of hydrogen-bond acceptors (Lipinski definition) is 1. The Balaban J connectivity index is 1.34. The summed E-state index contributed by atoms with van der Waals surface area (Å²) in [5, 5.41) is 8.13. The Morgan fingerprint density at radius 2 is 1.21 bits per heavy atom. The van der Waals surface area contributed by atoms with Gasteiger partial charge in [0, 0.05) is 0 Å². The van der Waals surface area contributed by atoms with E-state index in [-0.39, 0.29) is 19.9 Å². The van der Waals surface area contributed by atoms with Gasteiger partial charge in [0.05, 0.1) is 0 Å². The number of fused-ring (bicyclic) bond motifs is 10. The molecule has 0 spiro atoms. The molecule has 1 aliphatic rings. The van der Waals surface area contributed by atoms with E-state index in [1.165, 1.54) is 74.5 Å². The Hall–Kier alpha value is -4.62. The van der Waals surface area contributed by atoms with Gasteiger partial charge < -0.3 is 0 Å². The van der Waals surface area contributed by atoms with Gasteiger partial charge in [0.25, 0.3) is 0 Å². The average Bonchev–Trinajstić information content (AvgIpc) is 3.54. The van der Waals surface area contributed by atoms with Gasteiger partial charge in [-0.15, -0.1) is 0 Å². The second-order valence-corrected chi connectivity index (χ2v) is 14.4. The molecule has 1 aliphatic carbocycles. The van der Waals surface area contributed by atoms with Gasteiger partial charge in [-0.2, -0.15) is 0 Å². The van der Waals surface area contributed by atoms with Crippen LogP contribution in [0, 0.1) is 0 Å². The van der Waals surface area contributed by atoms with E-state index in [9.17, 15) is 0 Å². The predicted molar refractivity (Wildman–Crippen MR) is 186 cm³/mol. The molecule has 43 heavy (non-hydrogen) atoms. The summed E-state index contributed by atoms with van der Waals surface area (Å²) in [7, 11) is 0.